The summed E-state index contributed by atoms with van der Waals surface area (Å²) in [4.78, 5) is 20.7. The summed E-state index contributed by atoms with van der Waals surface area (Å²) >= 11 is 0. The highest BCUT2D eigenvalue weighted by Gasteiger charge is 2.20. The van der Waals surface area contributed by atoms with Crippen LogP contribution in [0.3, 0.4) is 0 Å². The van der Waals surface area contributed by atoms with Gasteiger partial charge in [-0.3, -0.25) is 4.79 Å². The van der Waals surface area contributed by atoms with Gasteiger partial charge in [0.25, 0.3) is 0 Å². The van der Waals surface area contributed by atoms with E-state index in [1.165, 1.54) is 0 Å². The van der Waals surface area contributed by atoms with Gasteiger partial charge in [-0.1, -0.05) is 12.5 Å². The molecular formula is C9H12O2. The van der Waals surface area contributed by atoms with Crippen LogP contribution in [-0.4, -0.2) is 12.6 Å². The Morgan fingerprint density at radius 1 is 1.55 bits per heavy atom. The first kappa shape index (κ1) is 8.18. The number of carbonyl (C=O) groups is 2. The zero-order chi connectivity index (χ0) is 8.27. The van der Waals surface area contributed by atoms with Gasteiger partial charge in [-0.15, -0.1) is 0 Å². The Kier molecular flexibility index (Phi) is 2.58. The van der Waals surface area contributed by atoms with Crippen LogP contribution < -0.4 is 0 Å². The zero-order valence-electron chi connectivity index (χ0n) is 6.67. The molecule has 1 aliphatic rings. The van der Waals surface area contributed by atoms with Crippen molar-refractivity contribution >= 4 is 12.6 Å². The second-order valence-electron chi connectivity index (χ2n) is 2.99. The first-order valence-corrected chi connectivity index (χ1v) is 3.90. The Morgan fingerprint density at radius 3 is 2.82 bits per heavy atom. The van der Waals surface area contributed by atoms with E-state index in [1.54, 1.807) is 0 Å². The van der Waals surface area contributed by atoms with Gasteiger partial charge in [-0.25, -0.2) is 0 Å². The molecular weight excluding hydrogens is 140 g/mol. The minimum Gasteiger partial charge on any atom is -0.303 e. The molecule has 0 aromatic carbocycles. The molecule has 0 saturated heterocycles. The molecule has 0 N–H and O–H groups in total. The normalized spacial score (nSPS) is 23.9. The van der Waals surface area contributed by atoms with E-state index >= 15 is 0 Å². The lowest BCUT2D eigenvalue weighted by molar-refractivity contribution is -0.107. The second-order valence-corrected chi connectivity index (χ2v) is 2.99. The third-order valence-electron chi connectivity index (χ3n) is 2.27. The zero-order valence-corrected chi connectivity index (χ0v) is 6.67. The van der Waals surface area contributed by atoms with Crippen LogP contribution in [0.5, 0.6) is 0 Å². The maximum atomic E-state index is 10.5. The molecule has 0 spiro atoms. The van der Waals surface area contributed by atoms with Crippen molar-refractivity contribution in [3.05, 3.63) is 11.1 Å². The van der Waals surface area contributed by atoms with E-state index in [4.69, 9.17) is 0 Å². The summed E-state index contributed by atoms with van der Waals surface area (Å²) in [5.74, 6) is 0.363. The van der Waals surface area contributed by atoms with Crippen molar-refractivity contribution in [1.82, 2.24) is 0 Å². The smallest absolute Gasteiger partial charge is 0.146 e. The van der Waals surface area contributed by atoms with Gasteiger partial charge in [0.2, 0.25) is 0 Å². The van der Waals surface area contributed by atoms with Gasteiger partial charge >= 0.3 is 0 Å². The average molecular weight is 152 g/mol. The number of allylic oxidation sites excluding steroid dienone is 2. The molecule has 0 aromatic heterocycles. The van der Waals surface area contributed by atoms with Crippen molar-refractivity contribution in [2.75, 3.05) is 0 Å². The van der Waals surface area contributed by atoms with Crippen molar-refractivity contribution in [1.29, 1.82) is 0 Å². The molecule has 0 bridgehead atoms. The Hall–Kier alpha value is -0.920. The molecule has 1 aliphatic carbocycles. The van der Waals surface area contributed by atoms with E-state index in [2.05, 4.69) is 0 Å². The van der Waals surface area contributed by atoms with Crippen LogP contribution in [0.2, 0.25) is 0 Å². The van der Waals surface area contributed by atoms with E-state index in [0.717, 1.165) is 36.6 Å². The fourth-order valence-corrected chi connectivity index (χ4v) is 1.56. The van der Waals surface area contributed by atoms with Gasteiger partial charge < -0.3 is 4.79 Å². The van der Waals surface area contributed by atoms with Crippen LogP contribution in [0, 0.1) is 5.92 Å². The van der Waals surface area contributed by atoms with Crippen molar-refractivity contribution < 1.29 is 9.59 Å². The second kappa shape index (κ2) is 3.46. The molecule has 1 unspecified atom stereocenters. The Morgan fingerprint density at radius 2 is 2.27 bits per heavy atom. The monoisotopic (exact) mass is 152 g/mol. The predicted molar refractivity (Wildman–Crippen MR) is 42.2 cm³/mol. The summed E-state index contributed by atoms with van der Waals surface area (Å²) in [6, 6.07) is 0. The molecule has 2 nitrogen and oxygen atoms in total. The topological polar surface area (TPSA) is 34.1 Å². The number of hydrogen-bond donors (Lipinski definition) is 0. The fourth-order valence-electron chi connectivity index (χ4n) is 1.56. The predicted octanol–water partition coefficient (Wildman–Crippen LogP) is 1.50. The number of hydrogen-bond acceptors (Lipinski definition) is 2. The van der Waals surface area contributed by atoms with Crippen LogP contribution in [-0.2, 0) is 9.59 Å². The summed E-state index contributed by atoms with van der Waals surface area (Å²) in [5, 5.41) is 0. The maximum Gasteiger partial charge on any atom is 0.146 e. The lowest BCUT2D eigenvalue weighted by Crippen LogP contribution is -1.94. The Labute approximate surface area is 66.3 Å². The molecule has 0 radical (unpaired) electrons. The summed E-state index contributed by atoms with van der Waals surface area (Å²) < 4.78 is 0. The third kappa shape index (κ3) is 1.56. The summed E-state index contributed by atoms with van der Waals surface area (Å²) in [6.07, 6.45) is 4.16. The van der Waals surface area contributed by atoms with Gasteiger partial charge in [0.15, 0.2) is 0 Å². The van der Waals surface area contributed by atoms with Gasteiger partial charge in [0, 0.05) is 6.42 Å². The molecule has 0 heterocycles. The standard InChI is InChI=1S/C9H12O2/c1-7-2-3-8(4-5-10)9(7)6-11/h5-7H,2-4H2,1H3. The van der Waals surface area contributed by atoms with Crippen molar-refractivity contribution in [2.45, 2.75) is 26.2 Å². The maximum absolute atomic E-state index is 10.5. The van der Waals surface area contributed by atoms with Crippen LogP contribution in [0.25, 0.3) is 0 Å². The highest BCUT2D eigenvalue weighted by Crippen LogP contribution is 2.31. The van der Waals surface area contributed by atoms with Crippen molar-refractivity contribution in [3.8, 4) is 0 Å². The van der Waals surface area contributed by atoms with Crippen LogP contribution >= 0.6 is 0 Å². The molecule has 1 atom stereocenters. The van der Waals surface area contributed by atoms with Gasteiger partial charge in [-0.2, -0.15) is 0 Å². The Bertz CT molecular complexity index is 204. The van der Waals surface area contributed by atoms with E-state index in [0.29, 0.717) is 12.3 Å². The van der Waals surface area contributed by atoms with Gasteiger partial charge in [0.1, 0.15) is 12.6 Å². The molecule has 60 valence electrons. The van der Waals surface area contributed by atoms with Gasteiger partial charge in [-0.05, 0) is 24.3 Å². The number of aldehydes is 2. The van der Waals surface area contributed by atoms with E-state index in [1.807, 2.05) is 6.92 Å². The van der Waals surface area contributed by atoms with Crippen LogP contribution in [0.4, 0.5) is 0 Å². The molecule has 0 aromatic rings. The van der Waals surface area contributed by atoms with Crippen LogP contribution in [0.1, 0.15) is 26.2 Å². The summed E-state index contributed by atoms with van der Waals surface area (Å²) in [5.41, 5.74) is 1.90. The first-order chi connectivity index (χ1) is 5.29. The molecule has 0 fully saturated rings. The van der Waals surface area contributed by atoms with Crippen molar-refractivity contribution in [3.63, 3.8) is 0 Å². The lowest BCUT2D eigenvalue weighted by Gasteiger charge is -1.99. The molecule has 2 heteroatoms. The Balaban J connectivity index is 2.78. The summed E-state index contributed by atoms with van der Waals surface area (Å²) in [7, 11) is 0. The third-order valence-corrected chi connectivity index (χ3v) is 2.27. The lowest BCUT2D eigenvalue weighted by atomic mass is 10.0. The first-order valence-electron chi connectivity index (χ1n) is 3.90. The minimum atomic E-state index is 0.363. The van der Waals surface area contributed by atoms with E-state index in [9.17, 15) is 9.59 Å². The molecule has 11 heavy (non-hydrogen) atoms. The quantitative estimate of drug-likeness (QED) is 0.574. The van der Waals surface area contributed by atoms with Gasteiger partial charge in [0.05, 0.1) is 0 Å². The number of carbonyl (C=O) groups excluding carboxylic acids is 2. The average Bonchev–Trinajstić information content (AvgIpc) is 2.33. The highest BCUT2D eigenvalue weighted by molar-refractivity contribution is 5.77. The molecule has 0 aliphatic heterocycles. The molecule has 0 saturated carbocycles. The number of rotatable bonds is 3. The molecule has 0 amide bonds. The molecule has 1 rings (SSSR count). The van der Waals surface area contributed by atoms with Crippen molar-refractivity contribution in [2.24, 2.45) is 5.92 Å². The SMILES string of the molecule is CC1CCC(CC=O)=C1C=O. The highest BCUT2D eigenvalue weighted by atomic mass is 16.1. The summed E-state index contributed by atoms with van der Waals surface area (Å²) in [6.45, 7) is 2.03. The fraction of sp³-hybridized carbons (Fsp3) is 0.556. The largest absolute Gasteiger partial charge is 0.303 e. The van der Waals surface area contributed by atoms with E-state index < -0.39 is 0 Å². The minimum absolute atomic E-state index is 0.363. The van der Waals surface area contributed by atoms with Crippen LogP contribution in [0.15, 0.2) is 11.1 Å². The van der Waals surface area contributed by atoms with E-state index in [-0.39, 0.29) is 0 Å².